The van der Waals surface area contributed by atoms with Crippen molar-refractivity contribution >= 4 is 23.3 Å². The van der Waals surface area contributed by atoms with Crippen molar-refractivity contribution in [2.24, 2.45) is 10.9 Å². The van der Waals surface area contributed by atoms with Crippen LogP contribution in [0.1, 0.15) is 49.5 Å². The summed E-state index contributed by atoms with van der Waals surface area (Å²) in [5.41, 5.74) is 5.92. The number of rotatable bonds is 4. The maximum absolute atomic E-state index is 12.5. The van der Waals surface area contributed by atoms with Crippen LogP contribution in [0, 0.1) is 0 Å². The largest absolute Gasteiger partial charge is 0.409 e. The van der Waals surface area contributed by atoms with E-state index in [1.165, 1.54) is 0 Å². The third-order valence-electron chi connectivity index (χ3n) is 3.01. The fraction of sp³-hybridized carbons (Fsp3) is 0.667. The minimum absolute atomic E-state index is 0.0932. The fourth-order valence-corrected chi connectivity index (χ4v) is 2.52. The van der Waals surface area contributed by atoms with E-state index in [1.807, 2.05) is 27.7 Å². The average molecular weight is 299 g/mol. The highest BCUT2D eigenvalue weighted by atomic mass is 32.1. The number of carbonyl (C=O) groups is 1. The van der Waals surface area contributed by atoms with Crippen LogP contribution in [0.4, 0.5) is 0 Å². The van der Waals surface area contributed by atoms with Gasteiger partial charge in [-0.05, 0) is 18.5 Å². The molecule has 1 aromatic rings. The molecule has 1 amide bonds. The molecule has 112 valence electrons. The van der Waals surface area contributed by atoms with E-state index < -0.39 is 0 Å². The van der Waals surface area contributed by atoms with Crippen molar-refractivity contribution in [3.8, 4) is 0 Å². The maximum Gasteiger partial charge on any atom is 0.267 e. The molecule has 0 saturated heterocycles. The van der Waals surface area contributed by atoms with E-state index in [2.05, 4.69) is 14.7 Å². The predicted molar refractivity (Wildman–Crippen MR) is 78.2 cm³/mol. The summed E-state index contributed by atoms with van der Waals surface area (Å²) in [7, 11) is 1.68. The van der Waals surface area contributed by atoms with Gasteiger partial charge in [-0.25, -0.2) is 0 Å². The molecule has 0 saturated carbocycles. The Morgan fingerprint density at radius 3 is 2.65 bits per heavy atom. The molecular formula is C12H21N5O2S. The smallest absolute Gasteiger partial charge is 0.267 e. The second kappa shape index (κ2) is 6.17. The highest BCUT2D eigenvalue weighted by Crippen LogP contribution is 2.27. The highest BCUT2D eigenvalue weighted by Gasteiger charge is 2.29. The number of nitrogens with zero attached hydrogens (tertiary/aromatic N) is 4. The lowest BCUT2D eigenvalue weighted by atomic mass is 9.91. The number of amidine groups is 1. The van der Waals surface area contributed by atoms with Crippen molar-refractivity contribution in [3.63, 3.8) is 0 Å². The van der Waals surface area contributed by atoms with Crippen molar-refractivity contribution in [1.82, 2.24) is 14.5 Å². The Labute approximate surface area is 122 Å². The highest BCUT2D eigenvalue weighted by molar-refractivity contribution is 7.08. The first-order chi connectivity index (χ1) is 9.18. The number of amides is 1. The SMILES string of the molecule is CC(CC(N)=NO)N(C)C(=O)c1snnc1C(C)(C)C. The molecule has 0 aromatic carbocycles. The van der Waals surface area contributed by atoms with Gasteiger partial charge in [0.25, 0.3) is 5.91 Å². The molecule has 7 nitrogen and oxygen atoms in total. The minimum Gasteiger partial charge on any atom is -0.409 e. The molecule has 20 heavy (non-hydrogen) atoms. The van der Waals surface area contributed by atoms with E-state index in [0.717, 1.165) is 11.5 Å². The minimum atomic E-state index is -0.242. The standard InChI is InChI=1S/C12H21N5O2S/c1-7(6-8(13)15-19)17(5)11(18)9-10(12(2,3)4)14-16-20-9/h7,19H,6H2,1-5H3,(H2,13,15). The zero-order valence-electron chi connectivity index (χ0n) is 12.4. The van der Waals surface area contributed by atoms with Crippen LogP contribution in [-0.2, 0) is 5.41 Å². The quantitative estimate of drug-likeness (QED) is 0.379. The molecule has 1 heterocycles. The van der Waals surface area contributed by atoms with E-state index in [-0.39, 0.29) is 23.2 Å². The lowest BCUT2D eigenvalue weighted by Gasteiger charge is -2.25. The lowest BCUT2D eigenvalue weighted by molar-refractivity contribution is 0.0749. The Morgan fingerprint density at radius 2 is 2.15 bits per heavy atom. The second-order valence-electron chi connectivity index (χ2n) is 5.76. The number of hydrogen-bond acceptors (Lipinski definition) is 6. The summed E-state index contributed by atoms with van der Waals surface area (Å²) >= 11 is 1.09. The Morgan fingerprint density at radius 1 is 1.55 bits per heavy atom. The normalized spacial score (nSPS) is 14.2. The first kappa shape index (κ1) is 16.4. The van der Waals surface area contributed by atoms with Gasteiger partial charge in [0, 0.05) is 24.9 Å². The molecular weight excluding hydrogens is 278 g/mol. The van der Waals surface area contributed by atoms with Gasteiger partial charge in [0.2, 0.25) is 0 Å². The van der Waals surface area contributed by atoms with Gasteiger partial charge in [-0.3, -0.25) is 4.79 Å². The van der Waals surface area contributed by atoms with Gasteiger partial charge in [-0.1, -0.05) is 30.4 Å². The topological polar surface area (TPSA) is 105 Å². The number of nitrogens with two attached hydrogens (primary N) is 1. The summed E-state index contributed by atoms with van der Waals surface area (Å²) in [6.07, 6.45) is 0.301. The number of aromatic nitrogens is 2. The van der Waals surface area contributed by atoms with Crippen LogP contribution in [-0.4, -0.2) is 44.5 Å². The van der Waals surface area contributed by atoms with Crippen molar-refractivity contribution in [1.29, 1.82) is 0 Å². The summed E-state index contributed by atoms with van der Waals surface area (Å²) in [6, 6.07) is -0.187. The van der Waals surface area contributed by atoms with Crippen LogP contribution in [0.3, 0.4) is 0 Å². The van der Waals surface area contributed by atoms with Gasteiger partial charge < -0.3 is 15.8 Å². The first-order valence-electron chi connectivity index (χ1n) is 6.24. The molecule has 0 aliphatic rings. The van der Waals surface area contributed by atoms with Gasteiger partial charge in [-0.2, -0.15) is 0 Å². The molecule has 1 unspecified atom stereocenters. The van der Waals surface area contributed by atoms with Crippen molar-refractivity contribution < 1.29 is 10.0 Å². The van der Waals surface area contributed by atoms with Gasteiger partial charge in [-0.15, -0.1) is 5.10 Å². The van der Waals surface area contributed by atoms with Gasteiger partial charge in [0.05, 0.1) is 5.69 Å². The van der Waals surface area contributed by atoms with Crippen LogP contribution < -0.4 is 5.73 Å². The lowest BCUT2D eigenvalue weighted by Crippen LogP contribution is -2.38. The van der Waals surface area contributed by atoms with Crippen LogP contribution in [0.15, 0.2) is 5.16 Å². The molecule has 0 aliphatic heterocycles. The zero-order chi connectivity index (χ0) is 15.5. The Kier molecular flexibility index (Phi) is 5.04. The molecule has 0 radical (unpaired) electrons. The molecule has 1 rings (SSSR count). The molecule has 0 fully saturated rings. The van der Waals surface area contributed by atoms with Gasteiger partial charge >= 0.3 is 0 Å². The fourth-order valence-electron chi connectivity index (χ4n) is 1.66. The van der Waals surface area contributed by atoms with Gasteiger partial charge in [0.1, 0.15) is 10.7 Å². The van der Waals surface area contributed by atoms with Crippen molar-refractivity contribution in [2.75, 3.05) is 7.05 Å². The maximum atomic E-state index is 12.5. The Hall–Kier alpha value is -1.70. The molecule has 0 spiro atoms. The van der Waals surface area contributed by atoms with Crippen LogP contribution in [0.2, 0.25) is 0 Å². The molecule has 1 atom stereocenters. The molecule has 3 N–H and O–H groups in total. The Balaban J connectivity index is 2.93. The number of hydrogen-bond donors (Lipinski definition) is 2. The molecule has 8 heteroatoms. The average Bonchev–Trinajstić information content (AvgIpc) is 2.85. The summed E-state index contributed by atoms with van der Waals surface area (Å²) in [4.78, 5) is 14.6. The number of carbonyl (C=O) groups excluding carboxylic acids is 1. The zero-order valence-corrected chi connectivity index (χ0v) is 13.2. The summed E-state index contributed by atoms with van der Waals surface area (Å²) in [5, 5.41) is 15.6. The van der Waals surface area contributed by atoms with Crippen molar-refractivity contribution in [3.05, 3.63) is 10.6 Å². The van der Waals surface area contributed by atoms with E-state index in [9.17, 15) is 4.79 Å². The van der Waals surface area contributed by atoms with Gasteiger partial charge in [0.15, 0.2) is 0 Å². The second-order valence-corrected chi connectivity index (χ2v) is 6.52. The van der Waals surface area contributed by atoms with E-state index in [4.69, 9.17) is 10.9 Å². The first-order valence-corrected chi connectivity index (χ1v) is 7.02. The molecule has 1 aromatic heterocycles. The molecule has 0 bridgehead atoms. The summed E-state index contributed by atoms with van der Waals surface area (Å²) in [6.45, 7) is 7.79. The van der Waals surface area contributed by atoms with Crippen molar-refractivity contribution in [2.45, 2.75) is 45.6 Å². The van der Waals surface area contributed by atoms with E-state index in [1.54, 1.807) is 11.9 Å². The molecule has 0 aliphatic carbocycles. The van der Waals surface area contributed by atoms with Crippen LogP contribution >= 0.6 is 11.5 Å². The monoisotopic (exact) mass is 299 g/mol. The third-order valence-corrected chi connectivity index (χ3v) is 3.72. The summed E-state index contributed by atoms with van der Waals surface area (Å²) in [5.74, 6) is -0.0567. The van der Waals surface area contributed by atoms with Crippen LogP contribution in [0.5, 0.6) is 0 Å². The Bertz CT molecular complexity index is 506. The number of oxime groups is 1. The van der Waals surface area contributed by atoms with E-state index in [0.29, 0.717) is 17.0 Å². The third kappa shape index (κ3) is 3.66. The van der Waals surface area contributed by atoms with Crippen LogP contribution in [0.25, 0.3) is 0 Å². The predicted octanol–water partition coefficient (Wildman–Crippen LogP) is 1.43. The summed E-state index contributed by atoms with van der Waals surface area (Å²) < 4.78 is 3.88. The van der Waals surface area contributed by atoms with E-state index >= 15 is 0 Å².